The number of rotatable bonds is 7. The third-order valence-corrected chi connectivity index (χ3v) is 14.1. The van der Waals surface area contributed by atoms with Crippen LogP contribution < -0.4 is 10.2 Å². The molecular weight excluding hydrogens is 745 g/mol. The Kier molecular flexibility index (Phi) is 9.68. The highest BCUT2D eigenvalue weighted by Crippen LogP contribution is 2.66. The lowest BCUT2D eigenvalue weighted by Gasteiger charge is -2.48. The van der Waals surface area contributed by atoms with E-state index in [1.807, 2.05) is 11.8 Å². The molecule has 1 unspecified atom stereocenters. The second kappa shape index (κ2) is 15.2. The van der Waals surface area contributed by atoms with Crippen molar-refractivity contribution in [3.8, 4) is 0 Å². The van der Waals surface area contributed by atoms with Gasteiger partial charge >= 0.3 is 0 Å². The first-order chi connectivity index (χ1) is 29.3. The maximum absolute atomic E-state index is 4.75. The maximum atomic E-state index is 4.75. The van der Waals surface area contributed by atoms with Crippen molar-refractivity contribution >= 4 is 45.7 Å². The molecule has 5 aliphatic rings. The number of hydrogen-bond acceptors (Lipinski definition) is 3. The highest BCUT2D eigenvalue weighted by molar-refractivity contribution is 8.03. The Balaban J connectivity index is 1.12. The van der Waals surface area contributed by atoms with Crippen molar-refractivity contribution in [3.05, 3.63) is 230 Å². The Morgan fingerprint density at radius 2 is 1.63 bits per heavy atom. The van der Waals surface area contributed by atoms with Crippen LogP contribution in [0.2, 0.25) is 0 Å². The zero-order valence-corrected chi connectivity index (χ0v) is 36.2. The summed E-state index contributed by atoms with van der Waals surface area (Å²) >= 11 is 1.81. The van der Waals surface area contributed by atoms with Crippen LogP contribution in [0, 0.1) is 6.92 Å². The zero-order chi connectivity index (χ0) is 41.1. The smallest absolute Gasteiger partial charge is 0.0751 e. The van der Waals surface area contributed by atoms with Gasteiger partial charge in [-0.05, 0) is 144 Å². The van der Waals surface area contributed by atoms with Crippen LogP contribution in [0.25, 0.3) is 11.1 Å². The van der Waals surface area contributed by atoms with Gasteiger partial charge in [-0.2, -0.15) is 0 Å². The molecule has 2 aliphatic heterocycles. The first kappa shape index (κ1) is 38.2. The molecule has 0 bridgehead atoms. The van der Waals surface area contributed by atoms with E-state index in [2.05, 4.69) is 197 Å². The molecule has 0 amide bonds. The number of thioether (sulfide) groups is 1. The Bertz CT molecular complexity index is 2830. The monoisotopic (exact) mass is 796 g/mol. The molecule has 2 nitrogen and oxygen atoms in total. The lowest BCUT2D eigenvalue weighted by Crippen LogP contribution is -2.39. The minimum atomic E-state index is -0.385. The number of nitrogens with one attached hydrogen (secondary N) is 1. The van der Waals surface area contributed by atoms with E-state index in [4.69, 9.17) is 6.58 Å². The molecule has 5 aromatic rings. The molecule has 296 valence electrons. The van der Waals surface area contributed by atoms with E-state index in [-0.39, 0.29) is 5.41 Å². The van der Waals surface area contributed by atoms with Crippen molar-refractivity contribution < 1.29 is 0 Å². The van der Waals surface area contributed by atoms with E-state index >= 15 is 0 Å². The summed E-state index contributed by atoms with van der Waals surface area (Å²) in [6, 6.07) is 38.6. The molecule has 60 heavy (non-hydrogen) atoms. The van der Waals surface area contributed by atoms with Crippen molar-refractivity contribution in [1.82, 2.24) is 0 Å². The largest absolute Gasteiger partial charge is 0.355 e. The quantitative estimate of drug-likeness (QED) is 0.177. The van der Waals surface area contributed by atoms with Crippen LogP contribution in [0.3, 0.4) is 0 Å². The number of hydrogen-bond donors (Lipinski definition) is 1. The SMILES string of the molecule is C=C1Sc2cccc3c2N(/C1=C/C(C)=C\Cc1c(Nc2ccc(C)cc2)ccc(C(C)C)c1C1=C(C)CC=CC=C1)c1ccccc1C31C2=C(CCC=C2)c2ccccc21. The van der Waals surface area contributed by atoms with Gasteiger partial charge in [-0.15, -0.1) is 0 Å². The molecule has 5 aromatic carbocycles. The molecule has 3 heteroatoms. The topological polar surface area (TPSA) is 15.3 Å². The van der Waals surface area contributed by atoms with Crippen molar-refractivity contribution in [3.63, 3.8) is 0 Å². The maximum Gasteiger partial charge on any atom is 0.0751 e. The van der Waals surface area contributed by atoms with Crippen LogP contribution in [0.5, 0.6) is 0 Å². The van der Waals surface area contributed by atoms with Gasteiger partial charge in [0.05, 0.1) is 22.5 Å². The summed E-state index contributed by atoms with van der Waals surface area (Å²) in [5, 5.41) is 3.85. The summed E-state index contributed by atoms with van der Waals surface area (Å²) < 4.78 is 0. The fourth-order valence-electron chi connectivity index (χ4n) is 10.3. The molecule has 2 heterocycles. The highest BCUT2D eigenvalue weighted by atomic mass is 32.2. The average Bonchev–Trinajstić information content (AvgIpc) is 3.37. The Hall–Kier alpha value is -6.03. The van der Waals surface area contributed by atoms with Crippen LogP contribution in [0.15, 0.2) is 191 Å². The molecule has 1 atom stereocenters. The molecule has 3 aliphatic carbocycles. The summed E-state index contributed by atoms with van der Waals surface area (Å²) in [6.07, 6.45) is 22.5. The van der Waals surface area contributed by atoms with Gasteiger partial charge in [0.2, 0.25) is 0 Å². The molecule has 0 fully saturated rings. The van der Waals surface area contributed by atoms with Gasteiger partial charge in [0.25, 0.3) is 0 Å². The fourth-order valence-corrected chi connectivity index (χ4v) is 11.3. The van der Waals surface area contributed by atoms with Crippen LogP contribution in [0.1, 0.15) is 97.4 Å². The standard InChI is InChI=1S/C57H52N2S/c1-36(2)42-33-34-51(58-41-30-27-37(3)28-31-41)46(55(42)43-18-9-7-8-17-39(43)5)32-29-38(4)35-53-40(6)60-54-26-16-24-50-56(54)59(53)52-25-15-14-23-49(52)57(50)47-21-12-10-19-44(47)45-20-11-13-22-48(45)57/h7-10,12-16,18-19,21-31,33-36,58H,6,11,17,20,32H2,1-5H3/b38-29-,53-35+. The van der Waals surface area contributed by atoms with E-state index in [1.165, 1.54) is 88.6 Å². The molecule has 0 saturated carbocycles. The Morgan fingerprint density at radius 1 is 0.850 bits per heavy atom. The van der Waals surface area contributed by atoms with E-state index < -0.39 is 0 Å². The van der Waals surface area contributed by atoms with Crippen LogP contribution in [0.4, 0.5) is 22.7 Å². The highest BCUT2D eigenvalue weighted by Gasteiger charge is 2.53. The van der Waals surface area contributed by atoms with Crippen molar-refractivity contribution in [2.75, 3.05) is 10.2 Å². The molecule has 10 rings (SSSR count). The number of benzene rings is 5. The van der Waals surface area contributed by atoms with E-state index in [0.717, 1.165) is 47.7 Å². The van der Waals surface area contributed by atoms with Crippen LogP contribution in [-0.4, -0.2) is 0 Å². The van der Waals surface area contributed by atoms with Gasteiger partial charge in [0.15, 0.2) is 0 Å². The van der Waals surface area contributed by atoms with E-state index in [1.54, 1.807) is 0 Å². The molecular formula is C57H52N2S. The minimum Gasteiger partial charge on any atom is -0.355 e. The van der Waals surface area contributed by atoms with Crippen LogP contribution in [-0.2, 0) is 11.8 Å². The molecule has 0 saturated heterocycles. The number of para-hydroxylation sites is 2. The summed E-state index contributed by atoms with van der Waals surface area (Å²) in [7, 11) is 0. The van der Waals surface area contributed by atoms with Crippen molar-refractivity contribution in [2.24, 2.45) is 0 Å². The number of nitrogens with zero attached hydrogens (tertiary/aromatic N) is 1. The van der Waals surface area contributed by atoms with Gasteiger partial charge < -0.3 is 10.2 Å². The Labute approximate surface area is 360 Å². The summed E-state index contributed by atoms with van der Waals surface area (Å²) in [5.74, 6) is 0.367. The summed E-state index contributed by atoms with van der Waals surface area (Å²) in [6.45, 7) is 16.1. The van der Waals surface area contributed by atoms with Crippen LogP contribution >= 0.6 is 11.8 Å². The predicted octanol–water partition coefficient (Wildman–Crippen LogP) is 15.7. The summed E-state index contributed by atoms with van der Waals surface area (Å²) in [4.78, 5) is 4.85. The van der Waals surface area contributed by atoms with Gasteiger partial charge in [0, 0.05) is 21.2 Å². The predicted molar refractivity (Wildman–Crippen MR) is 258 cm³/mol. The normalized spacial score (nSPS) is 19.6. The van der Waals surface area contributed by atoms with Gasteiger partial charge in [-0.25, -0.2) is 0 Å². The van der Waals surface area contributed by atoms with Crippen molar-refractivity contribution in [1.29, 1.82) is 0 Å². The molecule has 0 aromatic heterocycles. The van der Waals surface area contributed by atoms with Gasteiger partial charge in [-0.3, -0.25) is 0 Å². The lowest BCUT2D eigenvalue weighted by molar-refractivity contribution is 0.734. The third-order valence-electron chi connectivity index (χ3n) is 13.1. The number of anilines is 4. The number of aryl methyl sites for hydroxylation is 1. The van der Waals surface area contributed by atoms with Gasteiger partial charge in [-0.1, -0.05) is 164 Å². The second-order valence-electron chi connectivity index (χ2n) is 17.2. The van der Waals surface area contributed by atoms with E-state index in [9.17, 15) is 0 Å². The molecule has 1 N–H and O–H groups in total. The third kappa shape index (κ3) is 6.08. The lowest BCUT2D eigenvalue weighted by atomic mass is 9.63. The first-order valence-electron chi connectivity index (χ1n) is 21.6. The average molecular weight is 797 g/mol. The summed E-state index contributed by atoms with van der Waals surface area (Å²) in [5.41, 5.74) is 23.2. The second-order valence-corrected chi connectivity index (χ2v) is 18.4. The number of fused-ring (bicyclic) bond motifs is 8. The number of allylic oxidation sites excluding steroid dienone is 13. The fraction of sp³-hybridized carbons (Fsp3) is 0.193. The molecule has 1 spiro atoms. The molecule has 0 radical (unpaired) electrons. The zero-order valence-electron chi connectivity index (χ0n) is 35.4. The minimum absolute atomic E-state index is 0.367. The Morgan fingerprint density at radius 3 is 2.47 bits per heavy atom. The van der Waals surface area contributed by atoms with E-state index in [0.29, 0.717) is 5.92 Å². The first-order valence-corrected chi connectivity index (χ1v) is 22.4. The van der Waals surface area contributed by atoms with Crippen molar-refractivity contribution in [2.45, 2.75) is 76.5 Å². The van der Waals surface area contributed by atoms with Gasteiger partial charge in [0.1, 0.15) is 0 Å².